The number of carbonyl (C=O) groups excluding carboxylic acids is 1. The van der Waals surface area contributed by atoms with Crippen molar-refractivity contribution in [2.45, 2.75) is 12.8 Å². The maximum atomic E-state index is 11.3. The predicted octanol–water partition coefficient (Wildman–Crippen LogP) is 1.35. The number of thiophene rings is 1. The van der Waals surface area contributed by atoms with Gasteiger partial charge in [-0.05, 0) is 18.4 Å². The first-order valence-corrected chi connectivity index (χ1v) is 6.56. The van der Waals surface area contributed by atoms with Crippen LogP contribution < -0.4 is 0 Å². The first-order valence-electron chi connectivity index (χ1n) is 3.87. The van der Waals surface area contributed by atoms with Crippen LogP contribution in [-0.4, -0.2) is 20.6 Å². The molecule has 0 aromatic carbocycles. The highest BCUT2D eigenvalue weighted by atomic mass is 32.2. The SMILES string of the molecule is CC(C(=O)OS(C)(=O)=O)c1cccs1. The van der Waals surface area contributed by atoms with E-state index in [-0.39, 0.29) is 0 Å². The smallest absolute Gasteiger partial charge is 0.330 e. The first-order chi connectivity index (χ1) is 6.40. The maximum Gasteiger partial charge on any atom is 0.330 e. The van der Waals surface area contributed by atoms with E-state index < -0.39 is 22.0 Å². The van der Waals surface area contributed by atoms with E-state index in [9.17, 15) is 13.2 Å². The van der Waals surface area contributed by atoms with Gasteiger partial charge in [-0.1, -0.05) is 6.07 Å². The van der Waals surface area contributed by atoms with Crippen LogP contribution in [0.2, 0.25) is 0 Å². The van der Waals surface area contributed by atoms with Crippen molar-refractivity contribution >= 4 is 27.4 Å². The van der Waals surface area contributed by atoms with E-state index in [1.807, 2.05) is 5.38 Å². The molecular formula is C8H10O4S2. The Bertz CT molecular complexity index is 405. The largest absolute Gasteiger partial charge is 0.345 e. The summed E-state index contributed by atoms with van der Waals surface area (Å²) < 4.78 is 25.6. The molecule has 1 heterocycles. The molecule has 0 spiro atoms. The van der Waals surface area contributed by atoms with Crippen LogP contribution >= 0.6 is 11.3 Å². The quantitative estimate of drug-likeness (QED) is 0.741. The van der Waals surface area contributed by atoms with Gasteiger partial charge in [-0.25, -0.2) is 0 Å². The van der Waals surface area contributed by atoms with E-state index in [1.165, 1.54) is 11.3 Å². The molecule has 78 valence electrons. The van der Waals surface area contributed by atoms with Gasteiger partial charge in [-0.3, -0.25) is 4.79 Å². The highest BCUT2D eigenvalue weighted by molar-refractivity contribution is 7.86. The van der Waals surface area contributed by atoms with Gasteiger partial charge in [0, 0.05) is 4.88 Å². The Morgan fingerprint density at radius 2 is 2.21 bits per heavy atom. The van der Waals surface area contributed by atoms with E-state index in [1.54, 1.807) is 19.1 Å². The van der Waals surface area contributed by atoms with Crippen molar-refractivity contribution in [1.29, 1.82) is 0 Å². The fourth-order valence-electron chi connectivity index (χ4n) is 0.875. The molecule has 4 nitrogen and oxygen atoms in total. The monoisotopic (exact) mass is 234 g/mol. The van der Waals surface area contributed by atoms with Gasteiger partial charge in [0.05, 0.1) is 12.2 Å². The molecule has 0 amide bonds. The lowest BCUT2D eigenvalue weighted by atomic mass is 10.1. The van der Waals surface area contributed by atoms with Crippen LogP contribution in [0.25, 0.3) is 0 Å². The van der Waals surface area contributed by atoms with Crippen LogP contribution in [0.3, 0.4) is 0 Å². The van der Waals surface area contributed by atoms with Crippen LogP contribution in [0.1, 0.15) is 17.7 Å². The Morgan fingerprint density at radius 3 is 2.64 bits per heavy atom. The van der Waals surface area contributed by atoms with Crippen molar-refractivity contribution < 1.29 is 17.4 Å². The summed E-state index contributed by atoms with van der Waals surface area (Å²) in [5, 5.41) is 1.82. The summed E-state index contributed by atoms with van der Waals surface area (Å²) in [7, 11) is -3.70. The summed E-state index contributed by atoms with van der Waals surface area (Å²) in [6.07, 6.45) is 0.853. The number of hydrogen-bond acceptors (Lipinski definition) is 5. The minimum absolute atomic E-state index is 0.537. The first kappa shape index (κ1) is 11.2. The average molecular weight is 234 g/mol. The summed E-state index contributed by atoms with van der Waals surface area (Å²) in [4.78, 5) is 12.1. The second-order valence-corrected chi connectivity index (χ2v) is 5.40. The van der Waals surface area contributed by atoms with Crippen LogP contribution in [0, 0.1) is 0 Å². The summed E-state index contributed by atoms with van der Waals surface area (Å²) >= 11 is 1.39. The molecule has 0 fully saturated rings. The van der Waals surface area contributed by atoms with Gasteiger partial charge in [0.15, 0.2) is 0 Å². The van der Waals surface area contributed by atoms with Gasteiger partial charge < -0.3 is 4.18 Å². The molecule has 0 aliphatic carbocycles. The molecule has 0 bridgehead atoms. The van der Waals surface area contributed by atoms with Crippen molar-refractivity contribution in [2.75, 3.05) is 6.26 Å². The molecule has 1 unspecified atom stereocenters. The Kier molecular flexibility index (Phi) is 3.28. The fourth-order valence-corrected chi connectivity index (χ4v) is 2.09. The van der Waals surface area contributed by atoms with E-state index >= 15 is 0 Å². The van der Waals surface area contributed by atoms with Gasteiger partial charge >= 0.3 is 16.1 Å². The van der Waals surface area contributed by atoms with Crippen molar-refractivity contribution in [3.8, 4) is 0 Å². The highest BCUT2D eigenvalue weighted by Gasteiger charge is 2.21. The zero-order valence-corrected chi connectivity index (χ0v) is 9.39. The standard InChI is InChI=1S/C8H10O4S2/c1-6(7-4-3-5-13-7)8(9)12-14(2,10)11/h3-6H,1-2H3. The normalized spacial score (nSPS) is 13.6. The summed E-state index contributed by atoms with van der Waals surface area (Å²) in [5.74, 6) is -1.28. The molecular weight excluding hydrogens is 224 g/mol. The maximum absolute atomic E-state index is 11.3. The van der Waals surface area contributed by atoms with Crippen molar-refractivity contribution in [2.24, 2.45) is 0 Å². The summed E-state index contributed by atoms with van der Waals surface area (Å²) in [5.41, 5.74) is 0. The predicted molar refractivity (Wildman–Crippen MR) is 53.7 cm³/mol. The minimum atomic E-state index is -3.70. The van der Waals surface area contributed by atoms with Gasteiger partial charge in [-0.15, -0.1) is 11.3 Å². The summed E-state index contributed by atoms with van der Waals surface area (Å²) in [6.45, 7) is 1.61. The molecule has 0 saturated heterocycles. The highest BCUT2D eigenvalue weighted by Crippen LogP contribution is 2.22. The average Bonchev–Trinajstić information content (AvgIpc) is 2.51. The topological polar surface area (TPSA) is 60.4 Å². The van der Waals surface area contributed by atoms with Crippen LogP contribution in [0.5, 0.6) is 0 Å². The number of hydrogen-bond donors (Lipinski definition) is 0. The molecule has 0 aliphatic rings. The van der Waals surface area contributed by atoms with Crippen LogP contribution in [-0.2, 0) is 19.1 Å². The van der Waals surface area contributed by atoms with Gasteiger partial charge in [0.1, 0.15) is 0 Å². The Labute approximate surface area is 86.6 Å². The van der Waals surface area contributed by atoms with E-state index in [4.69, 9.17) is 0 Å². The Balaban J connectivity index is 2.72. The third-order valence-electron chi connectivity index (χ3n) is 1.56. The molecule has 1 aromatic rings. The minimum Gasteiger partial charge on any atom is -0.345 e. The zero-order chi connectivity index (χ0) is 10.8. The van der Waals surface area contributed by atoms with Crippen molar-refractivity contribution in [1.82, 2.24) is 0 Å². The number of rotatable bonds is 3. The second kappa shape index (κ2) is 4.10. The number of carbonyl (C=O) groups is 1. The molecule has 0 radical (unpaired) electrons. The third kappa shape index (κ3) is 3.12. The molecule has 1 rings (SSSR count). The van der Waals surface area contributed by atoms with E-state index in [0.29, 0.717) is 0 Å². The molecule has 0 N–H and O–H groups in total. The lowest BCUT2D eigenvalue weighted by molar-refractivity contribution is -0.135. The Hall–Kier alpha value is -0.880. The fraction of sp³-hybridized carbons (Fsp3) is 0.375. The van der Waals surface area contributed by atoms with Gasteiger partial charge in [0.25, 0.3) is 0 Å². The van der Waals surface area contributed by atoms with Gasteiger partial charge in [-0.2, -0.15) is 8.42 Å². The molecule has 1 aromatic heterocycles. The van der Waals surface area contributed by atoms with E-state index in [2.05, 4.69) is 4.18 Å². The van der Waals surface area contributed by atoms with Gasteiger partial charge in [0.2, 0.25) is 0 Å². The van der Waals surface area contributed by atoms with Crippen LogP contribution in [0.4, 0.5) is 0 Å². The van der Waals surface area contributed by atoms with Crippen LogP contribution in [0.15, 0.2) is 17.5 Å². The lowest BCUT2D eigenvalue weighted by Crippen LogP contribution is -2.16. The molecule has 1 atom stereocenters. The molecule has 0 saturated carbocycles. The summed E-state index contributed by atoms with van der Waals surface area (Å²) in [6, 6.07) is 3.56. The van der Waals surface area contributed by atoms with E-state index in [0.717, 1.165) is 11.1 Å². The third-order valence-corrected chi connectivity index (χ3v) is 3.08. The Morgan fingerprint density at radius 1 is 1.57 bits per heavy atom. The zero-order valence-electron chi connectivity index (χ0n) is 7.76. The second-order valence-electron chi connectivity index (χ2n) is 2.84. The molecule has 6 heteroatoms. The van der Waals surface area contributed by atoms with Crippen molar-refractivity contribution in [3.05, 3.63) is 22.4 Å². The lowest BCUT2D eigenvalue weighted by Gasteiger charge is -2.06. The molecule has 14 heavy (non-hydrogen) atoms. The molecule has 0 aliphatic heterocycles. The van der Waals surface area contributed by atoms with Crippen molar-refractivity contribution in [3.63, 3.8) is 0 Å².